The maximum atomic E-state index is 12.7. The molecule has 0 radical (unpaired) electrons. The summed E-state index contributed by atoms with van der Waals surface area (Å²) in [7, 11) is 0. The fourth-order valence-electron chi connectivity index (χ4n) is 3.92. The largest absolute Gasteiger partial charge is 0.353 e. The van der Waals surface area contributed by atoms with Gasteiger partial charge in [-0.1, -0.05) is 30.4 Å². The molecule has 2 aliphatic carbocycles. The number of nitrogens with one attached hydrogen (secondary N) is 2. The molecule has 3 amide bonds. The lowest BCUT2D eigenvalue weighted by atomic mass is 9.81. The number of amides is 3. The molecule has 4 rings (SSSR count). The third-order valence-corrected chi connectivity index (χ3v) is 5.63. The smallest absolute Gasteiger partial charge is 0.246 e. The van der Waals surface area contributed by atoms with Crippen LogP contribution in [0.3, 0.4) is 0 Å². The Morgan fingerprint density at radius 1 is 1.00 bits per heavy atom. The Morgan fingerprint density at radius 3 is 2.44 bits per heavy atom. The van der Waals surface area contributed by atoms with Crippen LogP contribution in [0.2, 0.25) is 0 Å². The maximum Gasteiger partial charge on any atom is 0.246 e. The van der Waals surface area contributed by atoms with Gasteiger partial charge < -0.3 is 15.5 Å². The highest BCUT2D eigenvalue weighted by molar-refractivity contribution is 5.99. The molecule has 3 aliphatic rings. The average Bonchev–Trinajstić information content (AvgIpc) is 3.40. The number of anilines is 1. The average molecular weight is 367 g/mol. The van der Waals surface area contributed by atoms with Crippen molar-refractivity contribution in [2.24, 2.45) is 11.8 Å². The third-order valence-electron chi connectivity index (χ3n) is 5.63. The highest BCUT2D eigenvalue weighted by Gasteiger charge is 2.36. The Kier molecular flexibility index (Phi) is 4.97. The van der Waals surface area contributed by atoms with Crippen LogP contribution in [-0.2, 0) is 20.8 Å². The van der Waals surface area contributed by atoms with Crippen LogP contribution < -0.4 is 15.5 Å². The van der Waals surface area contributed by atoms with Crippen molar-refractivity contribution < 1.29 is 14.4 Å². The molecule has 2 N–H and O–H groups in total. The van der Waals surface area contributed by atoms with Crippen molar-refractivity contribution in [2.45, 2.75) is 38.1 Å². The first-order chi connectivity index (χ1) is 13.1. The molecular weight excluding hydrogens is 342 g/mol. The van der Waals surface area contributed by atoms with Crippen molar-refractivity contribution in [2.75, 3.05) is 18.0 Å². The predicted molar refractivity (Wildman–Crippen MR) is 102 cm³/mol. The van der Waals surface area contributed by atoms with Crippen molar-refractivity contribution >= 4 is 23.4 Å². The lowest BCUT2D eigenvalue weighted by Crippen LogP contribution is -2.46. The van der Waals surface area contributed by atoms with E-state index in [4.69, 9.17) is 0 Å². The fraction of sp³-hybridized carbons (Fsp3) is 0.476. The molecule has 6 heteroatoms. The molecule has 1 saturated carbocycles. The normalized spacial score (nSPS) is 23.6. The number of carbonyl (C=O) groups is 3. The number of allylic oxidation sites excluding steroid dienone is 2. The van der Waals surface area contributed by atoms with Gasteiger partial charge in [-0.25, -0.2) is 0 Å². The first-order valence-corrected chi connectivity index (χ1v) is 9.75. The van der Waals surface area contributed by atoms with Gasteiger partial charge in [0.25, 0.3) is 0 Å². The summed E-state index contributed by atoms with van der Waals surface area (Å²) < 4.78 is 0. The number of hydrogen-bond donors (Lipinski definition) is 2. The molecule has 27 heavy (non-hydrogen) atoms. The van der Waals surface area contributed by atoms with E-state index in [9.17, 15) is 14.4 Å². The van der Waals surface area contributed by atoms with Crippen LogP contribution in [0.5, 0.6) is 0 Å². The Hall–Kier alpha value is -2.63. The van der Waals surface area contributed by atoms with Crippen molar-refractivity contribution in [3.05, 3.63) is 42.0 Å². The van der Waals surface area contributed by atoms with Crippen LogP contribution in [0.1, 0.15) is 31.2 Å². The van der Waals surface area contributed by atoms with Gasteiger partial charge in [0, 0.05) is 18.3 Å². The predicted octanol–water partition coefficient (Wildman–Crippen LogP) is 1.55. The Labute approximate surface area is 159 Å². The summed E-state index contributed by atoms with van der Waals surface area (Å²) in [4.78, 5) is 39.4. The van der Waals surface area contributed by atoms with Crippen molar-refractivity contribution in [3.63, 3.8) is 0 Å². The Bertz CT molecular complexity index is 785. The number of nitrogens with zero attached hydrogens (tertiary/aromatic N) is 1. The van der Waals surface area contributed by atoms with Gasteiger partial charge in [-0.2, -0.15) is 0 Å². The summed E-state index contributed by atoms with van der Waals surface area (Å²) in [5, 5.41) is 5.77. The first kappa shape index (κ1) is 17.8. The van der Waals surface area contributed by atoms with Gasteiger partial charge in [-0.05, 0) is 43.7 Å². The Balaban J connectivity index is 1.34. The van der Waals surface area contributed by atoms with E-state index < -0.39 is 5.92 Å². The molecule has 1 aliphatic heterocycles. The summed E-state index contributed by atoms with van der Waals surface area (Å²) >= 11 is 0. The van der Waals surface area contributed by atoms with Crippen LogP contribution in [0.15, 0.2) is 36.4 Å². The van der Waals surface area contributed by atoms with Crippen molar-refractivity contribution in [3.8, 4) is 0 Å². The highest BCUT2D eigenvalue weighted by Crippen LogP contribution is 2.29. The minimum Gasteiger partial charge on any atom is -0.353 e. The summed E-state index contributed by atoms with van der Waals surface area (Å²) in [5.74, 6) is -1.12. The molecule has 0 aromatic heterocycles. The number of benzene rings is 1. The third kappa shape index (κ3) is 3.89. The molecule has 1 aromatic rings. The van der Waals surface area contributed by atoms with Crippen LogP contribution >= 0.6 is 0 Å². The van der Waals surface area contributed by atoms with Crippen molar-refractivity contribution in [1.82, 2.24) is 10.6 Å². The second-order valence-electron chi connectivity index (χ2n) is 7.58. The number of hydrogen-bond acceptors (Lipinski definition) is 3. The van der Waals surface area contributed by atoms with E-state index in [0.717, 1.165) is 30.5 Å². The number of carbonyl (C=O) groups excluding carboxylic acids is 3. The summed E-state index contributed by atoms with van der Waals surface area (Å²) in [6.07, 6.45) is 7.91. The zero-order valence-corrected chi connectivity index (χ0v) is 15.3. The van der Waals surface area contributed by atoms with E-state index in [-0.39, 0.29) is 36.2 Å². The van der Waals surface area contributed by atoms with E-state index >= 15 is 0 Å². The molecule has 0 bridgehead atoms. The van der Waals surface area contributed by atoms with Crippen LogP contribution in [0.4, 0.5) is 5.69 Å². The number of para-hydroxylation sites is 1. The molecular formula is C21H25N3O3. The first-order valence-electron chi connectivity index (χ1n) is 9.75. The monoisotopic (exact) mass is 367 g/mol. The van der Waals surface area contributed by atoms with E-state index in [0.29, 0.717) is 19.4 Å². The van der Waals surface area contributed by atoms with Gasteiger partial charge >= 0.3 is 0 Å². The SMILES string of the molecule is O=C(NC1CC1)[C@H]1CC=CC[C@H]1C(=O)NCC(=O)N1CCc2ccccc21. The van der Waals surface area contributed by atoms with Gasteiger partial charge in [0.1, 0.15) is 0 Å². The van der Waals surface area contributed by atoms with E-state index in [1.54, 1.807) is 4.90 Å². The van der Waals surface area contributed by atoms with E-state index in [1.165, 1.54) is 0 Å². The summed E-state index contributed by atoms with van der Waals surface area (Å²) in [6.45, 7) is 0.608. The van der Waals surface area contributed by atoms with Crippen LogP contribution in [-0.4, -0.2) is 36.9 Å². The second-order valence-corrected chi connectivity index (χ2v) is 7.58. The van der Waals surface area contributed by atoms with E-state index in [1.807, 2.05) is 36.4 Å². The van der Waals surface area contributed by atoms with Gasteiger partial charge in [-0.15, -0.1) is 0 Å². The molecule has 142 valence electrons. The maximum absolute atomic E-state index is 12.7. The van der Waals surface area contributed by atoms with Gasteiger partial charge in [0.2, 0.25) is 17.7 Å². The number of fused-ring (bicyclic) bond motifs is 1. The van der Waals surface area contributed by atoms with Gasteiger partial charge in [0.15, 0.2) is 0 Å². The lowest BCUT2D eigenvalue weighted by Gasteiger charge is -2.27. The zero-order chi connectivity index (χ0) is 18.8. The minimum absolute atomic E-state index is 0.0374. The molecule has 0 saturated heterocycles. The molecule has 0 unspecified atom stereocenters. The summed E-state index contributed by atoms with van der Waals surface area (Å²) in [6, 6.07) is 8.13. The topological polar surface area (TPSA) is 78.5 Å². The Morgan fingerprint density at radius 2 is 1.70 bits per heavy atom. The fourth-order valence-corrected chi connectivity index (χ4v) is 3.92. The van der Waals surface area contributed by atoms with E-state index in [2.05, 4.69) is 10.6 Å². The molecule has 0 spiro atoms. The molecule has 1 heterocycles. The molecule has 1 fully saturated rings. The van der Waals surface area contributed by atoms with Crippen molar-refractivity contribution in [1.29, 1.82) is 0 Å². The minimum atomic E-state index is -0.410. The lowest BCUT2D eigenvalue weighted by molar-refractivity contribution is -0.135. The molecule has 1 aromatic carbocycles. The zero-order valence-electron chi connectivity index (χ0n) is 15.3. The van der Waals surface area contributed by atoms with Crippen LogP contribution in [0, 0.1) is 11.8 Å². The number of rotatable bonds is 5. The highest BCUT2D eigenvalue weighted by atomic mass is 16.2. The quantitative estimate of drug-likeness (QED) is 0.775. The van der Waals surface area contributed by atoms with Crippen LogP contribution in [0.25, 0.3) is 0 Å². The van der Waals surface area contributed by atoms with Gasteiger partial charge in [0.05, 0.1) is 18.4 Å². The second kappa shape index (κ2) is 7.55. The standard InChI is InChI=1S/C21H25N3O3/c25-19(24-12-11-14-5-1-4-8-18(14)24)13-22-20(26)16-6-2-3-7-17(16)21(27)23-15-9-10-15/h1-5,8,15-17H,6-7,9-13H2,(H,22,26)(H,23,27)/t16-,17+/m1/s1. The molecule has 2 atom stereocenters. The summed E-state index contributed by atoms with van der Waals surface area (Å²) in [5.41, 5.74) is 2.09. The van der Waals surface area contributed by atoms with Gasteiger partial charge in [-0.3, -0.25) is 14.4 Å². The molecule has 6 nitrogen and oxygen atoms in total.